The number of carboxylic acids is 1. The molecule has 1 aliphatic heterocycles. The Morgan fingerprint density at radius 2 is 1.88 bits per heavy atom. The maximum absolute atomic E-state index is 12.5. The summed E-state index contributed by atoms with van der Waals surface area (Å²) in [6.07, 6.45) is 7.31. The summed E-state index contributed by atoms with van der Waals surface area (Å²) in [7, 11) is 0. The van der Waals surface area contributed by atoms with Crippen LogP contribution in [0.25, 0.3) is 0 Å². The second-order valence-electron chi connectivity index (χ2n) is 4.64. The van der Waals surface area contributed by atoms with Gasteiger partial charge in [0.2, 0.25) is 5.78 Å². The Morgan fingerprint density at radius 3 is 2.38 bits per heavy atom. The van der Waals surface area contributed by atoms with Gasteiger partial charge in [0, 0.05) is 17.8 Å². The lowest BCUT2D eigenvalue weighted by Crippen LogP contribution is -2.10. The van der Waals surface area contributed by atoms with Gasteiger partial charge >= 0.3 is 5.97 Å². The first-order chi connectivity index (χ1) is 11.6. The van der Waals surface area contributed by atoms with Crippen molar-refractivity contribution >= 4 is 11.8 Å². The molecule has 0 amide bonds. The average Bonchev–Trinajstić information content (AvgIpc) is 3.20. The minimum absolute atomic E-state index is 0.0945. The molecule has 2 rings (SSSR count). The smallest absolute Gasteiger partial charge is 0.312 e. The van der Waals surface area contributed by atoms with E-state index in [1.54, 1.807) is 43.4 Å². The van der Waals surface area contributed by atoms with Crippen molar-refractivity contribution in [3.8, 4) is 0 Å². The summed E-state index contributed by atoms with van der Waals surface area (Å²) in [5.74, 6) is -1.43. The molecule has 0 saturated heterocycles. The van der Waals surface area contributed by atoms with Crippen molar-refractivity contribution in [3.05, 3.63) is 60.0 Å². The van der Waals surface area contributed by atoms with Crippen LogP contribution >= 0.6 is 0 Å². The zero-order chi connectivity index (χ0) is 18.7. The van der Waals surface area contributed by atoms with Crippen LogP contribution in [0.4, 0.5) is 0 Å². The fraction of sp³-hybridized carbons (Fsp3) is 0.400. The van der Waals surface area contributed by atoms with Crippen LogP contribution in [0.1, 0.15) is 63.1 Å². The standard InChI is InChI=1S/C16H17NO3.2C2H6/c1-3-5-6-11(4-2)15(18)14-8-7-13-12(16(19)20)9-10-17(13)14;2*1-2/h3-8,12H,1,9-10H2,2H3,(H,19,20);2*1-2H3/b6-5-,11-4+;;. The van der Waals surface area contributed by atoms with Gasteiger partial charge in [-0.2, -0.15) is 0 Å². The first kappa shape index (κ1) is 21.6. The van der Waals surface area contributed by atoms with Crippen LogP contribution in [0, 0.1) is 0 Å². The lowest BCUT2D eigenvalue weighted by molar-refractivity contribution is -0.138. The highest BCUT2D eigenvalue weighted by Crippen LogP contribution is 2.31. The van der Waals surface area contributed by atoms with Crippen molar-refractivity contribution in [3.63, 3.8) is 0 Å². The molecule has 1 unspecified atom stereocenters. The number of carbonyl (C=O) groups excluding carboxylic acids is 1. The summed E-state index contributed by atoms with van der Waals surface area (Å²) in [5.41, 5.74) is 1.83. The Labute approximate surface area is 145 Å². The number of aliphatic carboxylic acids is 1. The third kappa shape index (κ3) is 4.82. The largest absolute Gasteiger partial charge is 0.481 e. The molecule has 1 aromatic heterocycles. The average molecular weight is 331 g/mol. The highest BCUT2D eigenvalue weighted by atomic mass is 16.4. The first-order valence-electron chi connectivity index (χ1n) is 8.52. The highest BCUT2D eigenvalue weighted by Gasteiger charge is 2.31. The van der Waals surface area contributed by atoms with Crippen LogP contribution in [0.5, 0.6) is 0 Å². The number of carboxylic acid groups (broad SMARTS) is 1. The van der Waals surface area contributed by atoms with Crippen molar-refractivity contribution in [1.29, 1.82) is 0 Å². The molecule has 132 valence electrons. The Balaban J connectivity index is 0.00000123. The minimum atomic E-state index is -0.835. The predicted octanol–water partition coefficient (Wildman–Crippen LogP) is 4.98. The molecule has 0 fully saturated rings. The van der Waals surface area contributed by atoms with E-state index in [-0.39, 0.29) is 5.78 Å². The van der Waals surface area contributed by atoms with Crippen molar-refractivity contribution in [1.82, 2.24) is 4.57 Å². The molecule has 0 aromatic carbocycles. The summed E-state index contributed by atoms with van der Waals surface area (Å²) in [6, 6.07) is 3.45. The van der Waals surface area contributed by atoms with Gasteiger partial charge in [0.05, 0.1) is 11.6 Å². The number of aromatic nitrogens is 1. The molecular weight excluding hydrogens is 302 g/mol. The number of fused-ring (bicyclic) bond motifs is 1. The van der Waals surface area contributed by atoms with Crippen LogP contribution in [0.15, 0.2) is 48.6 Å². The molecule has 4 heteroatoms. The minimum Gasteiger partial charge on any atom is -0.481 e. The lowest BCUT2D eigenvalue weighted by Gasteiger charge is -2.06. The van der Waals surface area contributed by atoms with Crippen molar-refractivity contribution < 1.29 is 14.7 Å². The monoisotopic (exact) mass is 331 g/mol. The van der Waals surface area contributed by atoms with Crippen LogP contribution in [0.3, 0.4) is 0 Å². The van der Waals surface area contributed by atoms with Gasteiger partial charge in [-0.3, -0.25) is 9.59 Å². The summed E-state index contributed by atoms with van der Waals surface area (Å²) in [4.78, 5) is 23.6. The number of rotatable bonds is 5. The van der Waals surface area contributed by atoms with Crippen LogP contribution in [-0.4, -0.2) is 21.4 Å². The van der Waals surface area contributed by atoms with E-state index in [9.17, 15) is 9.59 Å². The van der Waals surface area contributed by atoms with E-state index in [0.29, 0.717) is 29.9 Å². The zero-order valence-corrected chi connectivity index (χ0v) is 15.4. The van der Waals surface area contributed by atoms with E-state index in [4.69, 9.17) is 5.11 Å². The van der Waals surface area contributed by atoms with Gasteiger partial charge < -0.3 is 9.67 Å². The maximum Gasteiger partial charge on any atom is 0.312 e. The second-order valence-corrected chi connectivity index (χ2v) is 4.64. The second kappa shape index (κ2) is 11.2. The van der Waals surface area contributed by atoms with Gasteiger partial charge in [-0.05, 0) is 25.5 Å². The third-order valence-electron chi connectivity index (χ3n) is 3.53. The van der Waals surface area contributed by atoms with E-state index in [1.807, 2.05) is 32.3 Å². The van der Waals surface area contributed by atoms with E-state index >= 15 is 0 Å². The highest BCUT2D eigenvalue weighted by molar-refractivity contribution is 6.09. The maximum atomic E-state index is 12.5. The quantitative estimate of drug-likeness (QED) is 0.470. The number of nitrogens with zero attached hydrogens (tertiary/aromatic N) is 1. The zero-order valence-electron chi connectivity index (χ0n) is 15.4. The van der Waals surface area contributed by atoms with E-state index in [1.165, 1.54) is 0 Å². The summed E-state index contributed by atoms with van der Waals surface area (Å²) >= 11 is 0. The molecule has 1 N–H and O–H groups in total. The number of Topliss-reactive ketones (excluding diaryl/α,β-unsaturated/α-hetero) is 1. The summed E-state index contributed by atoms with van der Waals surface area (Å²) < 4.78 is 1.81. The van der Waals surface area contributed by atoms with Gasteiger partial charge in [0.15, 0.2) is 0 Å². The topological polar surface area (TPSA) is 59.3 Å². The lowest BCUT2D eigenvalue weighted by atomic mass is 10.1. The van der Waals surface area contributed by atoms with Crippen molar-refractivity contribution in [2.75, 3.05) is 0 Å². The molecule has 0 bridgehead atoms. The summed E-state index contributed by atoms with van der Waals surface area (Å²) in [6.45, 7) is 14.0. The van der Waals surface area contributed by atoms with Crippen LogP contribution in [0.2, 0.25) is 0 Å². The Morgan fingerprint density at radius 1 is 1.25 bits per heavy atom. The van der Waals surface area contributed by atoms with E-state index < -0.39 is 11.9 Å². The molecule has 0 radical (unpaired) electrons. The van der Waals surface area contributed by atoms with E-state index in [0.717, 1.165) is 0 Å². The summed E-state index contributed by atoms with van der Waals surface area (Å²) in [5, 5.41) is 9.15. The Bertz CT molecular complexity index is 621. The van der Waals surface area contributed by atoms with Crippen LogP contribution in [-0.2, 0) is 11.3 Å². The van der Waals surface area contributed by atoms with Crippen LogP contribution < -0.4 is 0 Å². The van der Waals surface area contributed by atoms with Gasteiger partial charge in [0.1, 0.15) is 0 Å². The van der Waals surface area contributed by atoms with Gasteiger partial charge in [-0.25, -0.2) is 0 Å². The SMILES string of the molecule is C=C/C=C\C(=C/C)C(=O)c1ccc2n1CCC2C(=O)O.CC.CC. The molecule has 2 heterocycles. The third-order valence-corrected chi connectivity index (χ3v) is 3.53. The number of hydrogen-bond donors (Lipinski definition) is 1. The fourth-order valence-corrected chi connectivity index (χ4v) is 2.51. The molecule has 1 aliphatic rings. The first-order valence-corrected chi connectivity index (χ1v) is 8.52. The molecule has 24 heavy (non-hydrogen) atoms. The Kier molecular flexibility index (Phi) is 10.1. The Hall–Kier alpha value is -2.36. The molecule has 4 nitrogen and oxygen atoms in total. The van der Waals surface area contributed by atoms with Gasteiger partial charge in [0.25, 0.3) is 0 Å². The number of hydrogen-bond acceptors (Lipinski definition) is 2. The molecular formula is C20H29NO3. The van der Waals surface area contributed by atoms with Gasteiger partial charge in [-0.15, -0.1) is 0 Å². The molecule has 0 spiro atoms. The normalized spacial score (nSPS) is 15.7. The van der Waals surface area contributed by atoms with E-state index in [2.05, 4.69) is 6.58 Å². The number of carbonyl (C=O) groups is 2. The molecule has 1 aromatic rings. The predicted molar refractivity (Wildman–Crippen MR) is 99.5 cm³/mol. The van der Waals surface area contributed by atoms with Gasteiger partial charge in [-0.1, -0.05) is 58.6 Å². The number of allylic oxidation sites excluding steroid dienone is 5. The number of ketones is 1. The molecule has 1 atom stereocenters. The molecule has 0 aliphatic carbocycles. The molecule has 0 saturated carbocycles. The van der Waals surface area contributed by atoms with Crippen molar-refractivity contribution in [2.24, 2.45) is 0 Å². The van der Waals surface area contributed by atoms with Crippen molar-refractivity contribution in [2.45, 2.75) is 53.5 Å². The fourth-order valence-electron chi connectivity index (χ4n) is 2.51.